The van der Waals surface area contributed by atoms with E-state index in [1.165, 1.54) is 0 Å². The maximum absolute atomic E-state index is 12.1. The Labute approximate surface area is 141 Å². The molecule has 1 fully saturated rings. The van der Waals surface area contributed by atoms with Crippen molar-refractivity contribution >= 4 is 12.0 Å². The maximum atomic E-state index is 12.1. The quantitative estimate of drug-likeness (QED) is 0.849. The highest BCUT2D eigenvalue weighted by molar-refractivity contribution is 5.74. The molecule has 0 bridgehead atoms. The summed E-state index contributed by atoms with van der Waals surface area (Å²) in [5.41, 5.74) is 0.947. The van der Waals surface area contributed by atoms with E-state index in [2.05, 4.69) is 32.0 Å². The molecule has 1 aliphatic rings. The second kappa shape index (κ2) is 7.97. The van der Waals surface area contributed by atoms with Crippen LogP contribution < -0.4 is 10.2 Å². The molecule has 0 atom stereocenters. The molecule has 0 unspecified atom stereocenters. The third-order valence-electron chi connectivity index (χ3n) is 3.74. The molecular weight excluding hydrogens is 302 g/mol. The number of rotatable bonds is 2. The summed E-state index contributed by atoms with van der Waals surface area (Å²) in [5, 5.41) is 2.84. The second-order valence-electron chi connectivity index (χ2n) is 5.35. The van der Waals surface area contributed by atoms with Gasteiger partial charge in [-0.2, -0.15) is 0 Å². The van der Waals surface area contributed by atoms with E-state index in [0.29, 0.717) is 25.6 Å². The van der Waals surface area contributed by atoms with E-state index in [9.17, 15) is 4.79 Å². The average Bonchev–Trinajstić information content (AvgIpc) is 2.67. The van der Waals surface area contributed by atoms with Gasteiger partial charge in [0.25, 0.3) is 0 Å². The molecule has 1 N–H and O–H groups in total. The summed E-state index contributed by atoms with van der Waals surface area (Å²) in [6.07, 6.45) is 3.46. The van der Waals surface area contributed by atoms with Gasteiger partial charge in [-0.15, -0.1) is 0 Å². The fourth-order valence-corrected chi connectivity index (χ4v) is 2.46. The smallest absolute Gasteiger partial charge is 0.318 e. The van der Waals surface area contributed by atoms with Gasteiger partial charge in [0, 0.05) is 44.1 Å². The van der Waals surface area contributed by atoms with E-state index in [4.69, 9.17) is 0 Å². The van der Waals surface area contributed by atoms with Gasteiger partial charge in [-0.25, -0.2) is 14.8 Å². The number of aromatic nitrogens is 2. The Balaban J connectivity index is 1.43. The van der Waals surface area contributed by atoms with Crippen LogP contribution in [0.5, 0.6) is 0 Å². The Morgan fingerprint density at radius 2 is 1.75 bits per heavy atom. The predicted molar refractivity (Wildman–Crippen MR) is 92.5 cm³/mol. The second-order valence-corrected chi connectivity index (χ2v) is 5.35. The molecule has 2 heterocycles. The Hall–Kier alpha value is -3.07. The summed E-state index contributed by atoms with van der Waals surface area (Å²) in [6.45, 7) is 3.10. The minimum atomic E-state index is -0.0778. The van der Waals surface area contributed by atoms with Crippen LogP contribution >= 0.6 is 0 Å². The zero-order valence-corrected chi connectivity index (χ0v) is 13.4. The van der Waals surface area contributed by atoms with Crippen molar-refractivity contribution in [2.45, 2.75) is 0 Å². The van der Waals surface area contributed by atoms with Gasteiger partial charge in [0.15, 0.2) is 0 Å². The highest BCUT2D eigenvalue weighted by Gasteiger charge is 2.21. The molecule has 0 saturated carbocycles. The number of hydrogen-bond donors (Lipinski definition) is 1. The normalized spacial score (nSPS) is 13.8. The highest BCUT2D eigenvalue weighted by Crippen LogP contribution is 2.09. The van der Waals surface area contributed by atoms with E-state index in [0.717, 1.165) is 18.7 Å². The fraction of sp³-hybridized carbons (Fsp3) is 0.278. The van der Waals surface area contributed by atoms with Gasteiger partial charge in [-0.3, -0.25) is 0 Å². The van der Waals surface area contributed by atoms with Crippen LogP contribution in [0.4, 0.5) is 10.7 Å². The van der Waals surface area contributed by atoms with Crippen molar-refractivity contribution in [3.05, 3.63) is 54.4 Å². The number of nitrogens with zero attached hydrogens (tertiary/aromatic N) is 4. The first-order chi connectivity index (χ1) is 11.8. The lowest BCUT2D eigenvalue weighted by atomic mass is 10.2. The summed E-state index contributed by atoms with van der Waals surface area (Å²) >= 11 is 0. The van der Waals surface area contributed by atoms with Crippen LogP contribution in [0.1, 0.15) is 5.56 Å². The van der Waals surface area contributed by atoms with Gasteiger partial charge in [0.05, 0.1) is 6.54 Å². The van der Waals surface area contributed by atoms with Crippen LogP contribution in [0.3, 0.4) is 0 Å². The van der Waals surface area contributed by atoms with E-state index in [-0.39, 0.29) is 6.03 Å². The molecule has 6 nitrogen and oxygen atoms in total. The summed E-state index contributed by atoms with van der Waals surface area (Å²) in [5.74, 6) is 6.70. The number of carbonyl (C=O) groups is 1. The minimum Gasteiger partial charge on any atom is -0.337 e. The topological polar surface area (TPSA) is 61.4 Å². The molecule has 0 aliphatic carbocycles. The molecule has 2 amide bonds. The minimum absolute atomic E-state index is 0.0778. The van der Waals surface area contributed by atoms with Crippen LogP contribution in [0.25, 0.3) is 0 Å². The molecule has 122 valence electrons. The van der Waals surface area contributed by atoms with Crippen LogP contribution in [-0.2, 0) is 0 Å². The van der Waals surface area contributed by atoms with E-state index in [1.54, 1.807) is 23.4 Å². The monoisotopic (exact) mass is 321 g/mol. The molecule has 1 aromatic carbocycles. The Kier molecular flexibility index (Phi) is 5.25. The third kappa shape index (κ3) is 4.23. The zero-order valence-electron chi connectivity index (χ0n) is 13.4. The van der Waals surface area contributed by atoms with Crippen molar-refractivity contribution in [1.29, 1.82) is 0 Å². The van der Waals surface area contributed by atoms with Crippen molar-refractivity contribution in [2.24, 2.45) is 0 Å². The van der Waals surface area contributed by atoms with E-state index < -0.39 is 0 Å². The Morgan fingerprint density at radius 1 is 1.04 bits per heavy atom. The molecule has 1 aromatic heterocycles. The standard InChI is InChI=1S/C18H19N5O/c24-18(21-9-4-8-16-6-2-1-3-7-16)23-14-12-22(13-15-23)17-19-10-5-11-20-17/h1-3,5-7,10-11H,9,12-15H2,(H,21,24). The van der Waals surface area contributed by atoms with Crippen molar-refractivity contribution in [2.75, 3.05) is 37.6 Å². The largest absolute Gasteiger partial charge is 0.337 e. The van der Waals surface area contributed by atoms with Gasteiger partial charge in [0.1, 0.15) is 0 Å². The van der Waals surface area contributed by atoms with Gasteiger partial charge in [-0.05, 0) is 18.2 Å². The molecule has 24 heavy (non-hydrogen) atoms. The third-order valence-corrected chi connectivity index (χ3v) is 3.74. The summed E-state index contributed by atoms with van der Waals surface area (Å²) < 4.78 is 0. The molecule has 3 rings (SSSR count). The van der Waals surface area contributed by atoms with Crippen LogP contribution in [0.2, 0.25) is 0 Å². The molecular formula is C18H19N5O. The van der Waals surface area contributed by atoms with E-state index >= 15 is 0 Å². The van der Waals surface area contributed by atoms with Crippen LogP contribution in [-0.4, -0.2) is 53.6 Å². The van der Waals surface area contributed by atoms with Crippen molar-refractivity contribution in [3.8, 4) is 11.8 Å². The van der Waals surface area contributed by atoms with Crippen LogP contribution in [0, 0.1) is 11.8 Å². The summed E-state index contributed by atoms with van der Waals surface area (Å²) in [4.78, 5) is 24.5. The maximum Gasteiger partial charge on any atom is 0.318 e. The molecule has 2 aromatic rings. The number of carbonyl (C=O) groups excluding carboxylic acids is 1. The molecule has 6 heteroatoms. The van der Waals surface area contributed by atoms with Crippen LogP contribution in [0.15, 0.2) is 48.8 Å². The first-order valence-electron chi connectivity index (χ1n) is 7.91. The van der Waals surface area contributed by atoms with Gasteiger partial charge in [-0.1, -0.05) is 30.0 Å². The summed E-state index contributed by atoms with van der Waals surface area (Å²) in [7, 11) is 0. The zero-order chi connectivity index (χ0) is 16.6. The van der Waals surface area contributed by atoms with Crippen molar-refractivity contribution < 1.29 is 4.79 Å². The predicted octanol–water partition coefficient (Wildman–Crippen LogP) is 1.36. The average molecular weight is 321 g/mol. The first kappa shape index (κ1) is 15.8. The Bertz CT molecular complexity index is 715. The van der Waals surface area contributed by atoms with Crippen molar-refractivity contribution in [3.63, 3.8) is 0 Å². The molecule has 1 aliphatic heterocycles. The number of amides is 2. The van der Waals surface area contributed by atoms with Gasteiger partial charge >= 0.3 is 6.03 Å². The molecule has 0 radical (unpaired) electrons. The number of urea groups is 1. The van der Waals surface area contributed by atoms with Crippen molar-refractivity contribution in [1.82, 2.24) is 20.2 Å². The number of benzene rings is 1. The number of piperazine rings is 1. The lowest BCUT2D eigenvalue weighted by Gasteiger charge is -2.34. The number of nitrogens with one attached hydrogen (secondary N) is 1. The fourth-order valence-electron chi connectivity index (χ4n) is 2.46. The number of anilines is 1. The summed E-state index contributed by atoms with van der Waals surface area (Å²) in [6, 6.07) is 11.4. The first-order valence-corrected chi connectivity index (χ1v) is 7.91. The molecule has 0 spiro atoms. The van der Waals surface area contributed by atoms with Gasteiger partial charge in [0.2, 0.25) is 5.95 Å². The molecule has 1 saturated heterocycles. The number of hydrogen-bond acceptors (Lipinski definition) is 4. The SMILES string of the molecule is O=C(NCC#Cc1ccccc1)N1CCN(c2ncccn2)CC1. The van der Waals surface area contributed by atoms with Gasteiger partial charge < -0.3 is 15.1 Å². The highest BCUT2D eigenvalue weighted by atomic mass is 16.2. The van der Waals surface area contributed by atoms with E-state index in [1.807, 2.05) is 30.3 Å². The lowest BCUT2D eigenvalue weighted by molar-refractivity contribution is 0.195. The Morgan fingerprint density at radius 3 is 2.46 bits per heavy atom. The lowest BCUT2D eigenvalue weighted by Crippen LogP contribution is -2.52.